The van der Waals surface area contributed by atoms with Crippen molar-refractivity contribution >= 4 is 11.8 Å². The van der Waals surface area contributed by atoms with Crippen LogP contribution >= 0.6 is 0 Å². The van der Waals surface area contributed by atoms with Crippen molar-refractivity contribution < 1.29 is 14.3 Å². The molecule has 3 nitrogen and oxygen atoms in total. The molecular weight excluding hydrogens is 324 g/mol. The maximum Gasteiger partial charge on any atom is 0.304 e. The molecule has 0 aromatic heterocycles. The molecule has 0 aromatic carbocycles. The Morgan fingerprint density at radius 2 is 1.88 bits per heavy atom. The Morgan fingerprint density at radius 3 is 2.58 bits per heavy atom. The summed E-state index contributed by atoms with van der Waals surface area (Å²) in [5.41, 5.74) is 0.686. The van der Waals surface area contributed by atoms with Gasteiger partial charge in [0.1, 0.15) is 0 Å². The number of ketones is 1. The number of carbonyl (C=O) groups is 2. The van der Waals surface area contributed by atoms with Gasteiger partial charge in [-0.2, -0.15) is 0 Å². The zero-order chi connectivity index (χ0) is 18.7. The average molecular weight is 354 g/mol. The molecule has 26 heavy (non-hydrogen) atoms. The van der Waals surface area contributed by atoms with Crippen molar-refractivity contribution in [1.29, 1.82) is 0 Å². The van der Waals surface area contributed by atoms with Gasteiger partial charge in [-0.25, -0.2) is 0 Å². The first-order valence-corrected chi connectivity index (χ1v) is 10.2. The van der Waals surface area contributed by atoms with E-state index in [2.05, 4.69) is 19.8 Å². The van der Waals surface area contributed by atoms with Crippen LogP contribution in [0.1, 0.15) is 72.1 Å². The van der Waals surface area contributed by atoms with Gasteiger partial charge in [-0.05, 0) is 74.2 Å². The van der Waals surface area contributed by atoms with Gasteiger partial charge < -0.3 is 4.74 Å². The van der Waals surface area contributed by atoms with E-state index in [1.165, 1.54) is 12.5 Å². The molecule has 0 bridgehead atoms. The summed E-state index contributed by atoms with van der Waals surface area (Å²) in [6, 6.07) is 0. The Bertz CT molecular complexity index is 728. The van der Waals surface area contributed by atoms with Gasteiger partial charge in [0.2, 0.25) is 0 Å². The smallest absolute Gasteiger partial charge is 0.304 e. The van der Waals surface area contributed by atoms with Gasteiger partial charge in [0.15, 0.2) is 11.4 Å². The molecule has 0 radical (unpaired) electrons. The third kappa shape index (κ3) is 2.20. The number of esters is 1. The van der Waals surface area contributed by atoms with E-state index in [9.17, 15) is 9.59 Å². The van der Waals surface area contributed by atoms with Gasteiger partial charge in [0.05, 0.1) is 0 Å². The Morgan fingerprint density at radius 1 is 1.15 bits per heavy atom. The van der Waals surface area contributed by atoms with Crippen molar-refractivity contribution in [3.05, 3.63) is 11.6 Å². The van der Waals surface area contributed by atoms with Crippen molar-refractivity contribution in [2.24, 2.45) is 28.6 Å². The fourth-order valence-corrected chi connectivity index (χ4v) is 7.24. The van der Waals surface area contributed by atoms with E-state index < -0.39 is 5.60 Å². The topological polar surface area (TPSA) is 43.4 Å². The molecule has 0 aliphatic heterocycles. The molecule has 4 aliphatic carbocycles. The van der Waals surface area contributed by atoms with Crippen LogP contribution < -0.4 is 0 Å². The third-order valence-electron chi connectivity index (χ3n) is 8.63. The quantitative estimate of drug-likeness (QED) is 0.516. The molecule has 0 amide bonds. The Labute approximate surface area is 156 Å². The molecule has 140 valence electrons. The molecule has 4 rings (SSSR count). The van der Waals surface area contributed by atoms with Crippen LogP contribution in [0, 0.1) is 40.9 Å². The summed E-state index contributed by atoms with van der Waals surface area (Å²) in [5, 5.41) is 0. The van der Waals surface area contributed by atoms with Crippen LogP contribution in [0.4, 0.5) is 0 Å². The highest BCUT2D eigenvalue weighted by Gasteiger charge is 2.65. The summed E-state index contributed by atoms with van der Waals surface area (Å²) in [6.07, 6.45) is 15.7. The molecular formula is C23H30O3. The van der Waals surface area contributed by atoms with Crippen LogP contribution in [0.5, 0.6) is 0 Å². The summed E-state index contributed by atoms with van der Waals surface area (Å²) in [6.45, 7) is 6.13. The molecule has 6 atom stereocenters. The lowest BCUT2D eigenvalue weighted by Gasteiger charge is -2.58. The minimum Gasteiger partial charge on any atom is -0.445 e. The van der Waals surface area contributed by atoms with Crippen LogP contribution in [0.3, 0.4) is 0 Å². The highest BCUT2D eigenvalue weighted by molar-refractivity contribution is 5.91. The highest BCUT2D eigenvalue weighted by atomic mass is 16.6. The lowest BCUT2D eigenvalue weighted by Crippen LogP contribution is -2.55. The SMILES string of the molecule is C#CC1(OC(C)=O)CC[C@H]2[C@@H]3CCC4=CC(=O)CC[C@]4(C)[C@H]3CC[C@@]21C. The fourth-order valence-electron chi connectivity index (χ4n) is 7.24. The van der Waals surface area contributed by atoms with Crippen LogP contribution in [0.25, 0.3) is 0 Å². The lowest BCUT2D eigenvalue weighted by molar-refractivity contribution is -0.169. The van der Waals surface area contributed by atoms with Crippen molar-refractivity contribution in [3.8, 4) is 12.3 Å². The monoisotopic (exact) mass is 354 g/mol. The summed E-state index contributed by atoms with van der Waals surface area (Å²) in [4.78, 5) is 23.7. The van der Waals surface area contributed by atoms with Gasteiger partial charge in [-0.15, -0.1) is 6.42 Å². The van der Waals surface area contributed by atoms with Gasteiger partial charge in [0, 0.05) is 18.8 Å². The Kier molecular flexibility index (Phi) is 3.92. The highest BCUT2D eigenvalue weighted by Crippen LogP contribution is 2.68. The third-order valence-corrected chi connectivity index (χ3v) is 8.63. The number of fused-ring (bicyclic) bond motifs is 5. The summed E-state index contributed by atoms with van der Waals surface area (Å²) >= 11 is 0. The van der Waals surface area contributed by atoms with Crippen molar-refractivity contribution in [1.82, 2.24) is 0 Å². The molecule has 1 unspecified atom stereocenters. The number of hydrogen-bond donors (Lipinski definition) is 0. The molecule has 4 aliphatic rings. The van der Waals surface area contributed by atoms with Crippen LogP contribution in [0.2, 0.25) is 0 Å². The van der Waals surface area contributed by atoms with E-state index in [1.54, 1.807) is 0 Å². The fraction of sp³-hybridized carbons (Fsp3) is 0.739. The molecule has 0 heterocycles. The zero-order valence-electron chi connectivity index (χ0n) is 16.3. The number of ether oxygens (including phenoxy) is 1. The molecule has 0 saturated heterocycles. The van der Waals surface area contributed by atoms with E-state index >= 15 is 0 Å². The number of hydrogen-bond acceptors (Lipinski definition) is 3. The van der Waals surface area contributed by atoms with Gasteiger partial charge in [0.25, 0.3) is 0 Å². The standard InChI is InChI=1S/C23H30O3/c1-5-23(26-15(2)24)13-10-20-18-7-6-16-14-17(25)8-11-21(16,3)19(18)9-12-22(20,23)4/h1,14,18-20H,6-13H2,2-4H3/t18-,19+,20+,21+,22+,23?/m1/s1. The molecule has 3 heteroatoms. The van der Waals surface area contributed by atoms with E-state index in [0.29, 0.717) is 30.0 Å². The lowest BCUT2D eigenvalue weighted by atomic mass is 9.46. The molecule has 0 spiro atoms. The summed E-state index contributed by atoms with van der Waals surface area (Å²) < 4.78 is 5.81. The minimum atomic E-state index is -0.742. The second-order valence-corrected chi connectivity index (χ2v) is 9.53. The zero-order valence-corrected chi connectivity index (χ0v) is 16.3. The molecule has 3 saturated carbocycles. The van der Waals surface area contributed by atoms with E-state index in [-0.39, 0.29) is 16.8 Å². The predicted molar refractivity (Wildman–Crippen MR) is 100 cm³/mol. The van der Waals surface area contributed by atoms with Gasteiger partial charge >= 0.3 is 5.97 Å². The molecule has 0 aromatic rings. The molecule has 0 N–H and O–H groups in total. The van der Waals surface area contributed by atoms with E-state index in [0.717, 1.165) is 44.9 Å². The second kappa shape index (κ2) is 5.72. The average Bonchev–Trinajstić information content (AvgIpc) is 2.88. The van der Waals surface area contributed by atoms with Crippen LogP contribution in [-0.4, -0.2) is 17.4 Å². The Balaban J connectivity index is 1.69. The molecule has 3 fully saturated rings. The second-order valence-electron chi connectivity index (χ2n) is 9.53. The van der Waals surface area contributed by atoms with Gasteiger partial charge in [-0.3, -0.25) is 9.59 Å². The summed E-state index contributed by atoms with van der Waals surface area (Å²) in [5.74, 6) is 4.71. The van der Waals surface area contributed by atoms with Crippen molar-refractivity contribution in [2.45, 2.75) is 77.7 Å². The van der Waals surface area contributed by atoms with E-state index in [1.807, 2.05) is 6.08 Å². The normalized spacial score (nSPS) is 47.1. The maximum absolute atomic E-state index is 11.9. The number of carbonyl (C=O) groups excluding carboxylic acids is 2. The minimum absolute atomic E-state index is 0.128. The number of terminal acetylenes is 1. The van der Waals surface area contributed by atoms with Crippen LogP contribution in [-0.2, 0) is 14.3 Å². The first-order chi connectivity index (χ1) is 12.3. The summed E-state index contributed by atoms with van der Waals surface area (Å²) in [7, 11) is 0. The van der Waals surface area contributed by atoms with E-state index in [4.69, 9.17) is 11.2 Å². The largest absolute Gasteiger partial charge is 0.445 e. The number of allylic oxidation sites excluding steroid dienone is 1. The predicted octanol–water partition coefficient (Wildman–Crippen LogP) is 4.45. The van der Waals surface area contributed by atoms with Crippen molar-refractivity contribution in [2.75, 3.05) is 0 Å². The first-order valence-electron chi connectivity index (χ1n) is 10.2. The number of rotatable bonds is 1. The van der Waals surface area contributed by atoms with Gasteiger partial charge in [-0.1, -0.05) is 25.3 Å². The maximum atomic E-state index is 11.9. The van der Waals surface area contributed by atoms with Crippen LogP contribution in [0.15, 0.2) is 11.6 Å². The Hall–Kier alpha value is -1.56. The van der Waals surface area contributed by atoms with Crippen molar-refractivity contribution in [3.63, 3.8) is 0 Å². The first kappa shape index (κ1) is 17.8.